The molecule has 0 radical (unpaired) electrons. The number of likely N-dealkylation sites (tertiary alicyclic amines) is 1. The number of carbonyl (C=O) groups is 2. The molecule has 166 valence electrons. The zero-order valence-corrected chi connectivity index (χ0v) is 17.8. The number of piperidine rings is 1. The van der Waals surface area contributed by atoms with Gasteiger partial charge in [-0.2, -0.15) is 5.10 Å². The van der Waals surface area contributed by atoms with Crippen molar-refractivity contribution in [3.05, 3.63) is 46.1 Å². The van der Waals surface area contributed by atoms with Crippen LogP contribution in [0.3, 0.4) is 0 Å². The van der Waals surface area contributed by atoms with Crippen molar-refractivity contribution in [3.8, 4) is 0 Å². The van der Waals surface area contributed by atoms with Gasteiger partial charge in [0.05, 0.1) is 0 Å². The standard InChI is InChI=1S/C22H30N6O3/c23-21(30)17-8-11-26(12-9-17)14-16-5-4-6-18(13-16)24-20(29)15-28-22(31)27-10-3-1-2-7-19(27)25-28/h4-6,13,17H,1-3,7-12,14-15H2,(H2,23,30)(H,24,29). The zero-order valence-electron chi connectivity index (χ0n) is 17.8. The number of rotatable bonds is 6. The Kier molecular flexibility index (Phi) is 6.50. The first-order chi connectivity index (χ1) is 15.0. The van der Waals surface area contributed by atoms with Crippen LogP contribution in [0.5, 0.6) is 0 Å². The summed E-state index contributed by atoms with van der Waals surface area (Å²) in [6.45, 7) is 3.00. The Balaban J connectivity index is 1.34. The minimum Gasteiger partial charge on any atom is -0.369 e. The number of nitrogens with two attached hydrogens (primary N) is 1. The van der Waals surface area contributed by atoms with Gasteiger partial charge in [0.15, 0.2) is 0 Å². The number of fused-ring (bicyclic) bond motifs is 1. The SMILES string of the molecule is NC(=O)C1CCN(Cc2cccc(NC(=O)Cn3nc4n(c3=O)CCCCC4)c2)CC1. The molecule has 31 heavy (non-hydrogen) atoms. The van der Waals surface area contributed by atoms with Crippen LogP contribution in [-0.4, -0.2) is 44.2 Å². The number of primary amides is 1. The van der Waals surface area contributed by atoms with Gasteiger partial charge in [-0.1, -0.05) is 18.6 Å². The monoisotopic (exact) mass is 426 g/mol. The summed E-state index contributed by atoms with van der Waals surface area (Å²) in [7, 11) is 0. The van der Waals surface area contributed by atoms with E-state index < -0.39 is 0 Å². The molecule has 0 spiro atoms. The van der Waals surface area contributed by atoms with Gasteiger partial charge in [-0.25, -0.2) is 9.48 Å². The van der Waals surface area contributed by atoms with Crippen LogP contribution in [0.15, 0.2) is 29.1 Å². The molecule has 1 saturated heterocycles. The Morgan fingerprint density at radius 1 is 1.13 bits per heavy atom. The lowest BCUT2D eigenvalue weighted by atomic mass is 9.96. The van der Waals surface area contributed by atoms with Crippen LogP contribution >= 0.6 is 0 Å². The highest BCUT2D eigenvalue weighted by molar-refractivity contribution is 5.90. The van der Waals surface area contributed by atoms with Crippen molar-refractivity contribution in [2.75, 3.05) is 18.4 Å². The smallest absolute Gasteiger partial charge is 0.346 e. The molecule has 2 aliphatic heterocycles. The van der Waals surface area contributed by atoms with E-state index in [1.54, 1.807) is 4.57 Å². The number of hydrogen-bond donors (Lipinski definition) is 2. The van der Waals surface area contributed by atoms with Crippen molar-refractivity contribution in [2.45, 2.75) is 58.2 Å². The van der Waals surface area contributed by atoms with Gasteiger partial charge in [0, 0.05) is 31.1 Å². The molecule has 0 aliphatic carbocycles. The van der Waals surface area contributed by atoms with Gasteiger partial charge in [0.2, 0.25) is 11.8 Å². The highest BCUT2D eigenvalue weighted by Crippen LogP contribution is 2.20. The number of nitrogens with zero attached hydrogens (tertiary/aromatic N) is 4. The average Bonchev–Trinajstić information content (AvgIpc) is 2.90. The van der Waals surface area contributed by atoms with E-state index in [0.717, 1.165) is 69.5 Å². The van der Waals surface area contributed by atoms with Crippen LogP contribution < -0.4 is 16.7 Å². The fourth-order valence-electron chi connectivity index (χ4n) is 4.45. The van der Waals surface area contributed by atoms with Gasteiger partial charge in [-0.05, 0) is 56.5 Å². The highest BCUT2D eigenvalue weighted by atomic mass is 16.2. The van der Waals surface area contributed by atoms with Crippen molar-refractivity contribution >= 4 is 17.5 Å². The lowest BCUT2D eigenvalue weighted by Gasteiger charge is -2.30. The summed E-state index contributed by atoms with van der Waals surface area (Å²) in [6, 6.07) is 7.72. The molecule has 2 aromatic rings. The van der Waals surface area contributed by atoms with Crippen LogP contribution in [0.1, 0.15) is 43.5 Å². The number of benzene rings is 1. The van der Waals surface area contributed by atoms with E-state index in [1.807, 2.05) is 24.3 Å². The number of amides is 2. The summed E-state index contributed by atoms with van der Waals surface area (Å²) >= 11 is 0. The highest BCUT2D eigenvalue weighted by Gasteiger charge is 2.23. The molecule has 1 fully saturated rings. The summed E-state index contributed by atoms with van der Waals surface area (Å²) in [5.41, 5.74) is 6.98. The second-order valence-electron chi connectivity index (χ2n) is 8.52. The van der Waals surface area contributed by atoms with E-state index in [-0.39, 0.29) is 30.0 Å². The Morgan fingerprint density at radius 3 is 2.71 bits per heavy atom. The Bertz CT molecular complexity index is 1000. The van der Waals surface area contributed by atoms with Crippen molar-refractivity contribution in [1.29, 1.82) is 0 Å². The second kappa shape index (κ2) is 9.47. The minimum absolute atomic E-state index is 0.0247. The summed E-state index contributed by atoms with van der Waals surface area (Å²) in [6.07, 6.45) is 5.45. The maximum absolute atomic E-state index is 12.5. The van der Waals surface area contributed by atoms with Crippen molar-refractivity contribution in [2.24, 2.45) is 11.7 Å². The molecule has 0 unspecified atom stereocenters. The number of carbonyl (C=O) groups excluding carboxylic acids is 2. The third kappa shape index (κ3) is 5.22. The lowest BCUT2D eigenvalue weighted by molar-refractivity contribution is -0.123. The normalized spacial score (nSPS) is 17.7. The molecule has 0 atom stereocenters. The zero-order chi connectivity index (χ0) is 21.8. The Hall–Kier alpha value is -2.94. The quantitative estimate of drug-likeness (QED) is 0.718. The molecular formula is C22H30N6O3. The van der Waals surface area contributed by atoms with Crippen LogP contribution in [0, 0.1) is 5.92 Å². The molecule has 1 aromatic heterocycles. The predicted octanol–water partition coefficient (Wildman–Crippen LogP) is 1.11. The number of anilines is 1. The van der Waals surface area contributed by atoms with E-state index in [1.165, 1.54) is 4.68 Å². The lowest BCUT2D eigenvalue weighted by Crippen LogP contribution is -2.38. The Morgan fingerprint density at radius 2 is 1.94 bits per heavy atom. The van der Waals surface area contributed by atoms with Gasteiger partial charge < -0.3 is 11.1 Å². The molecule has 9 heteroatoms. The molecule has 2 amide bonds. The first-order valence-electron chi connectivity index (χ1n) is 11.1. The number of hydrogen-bond acceptors (Lipinski definition) is 5. The molecule has 0 saturated carbocycles. The van der Waals surface area contributed by atoms with Crippen molar-refractivity contribution in [3.63, 3.8) is 0 Å². The Labute approximate surface area is 181 Å². The maximum atomic E-state index is 12.5. The maximum Gasteiger partial charge on any atom is 0.346 e. The topological polar surface area (TPSA) is 115 Å². The second-order valence-corrected chi connectivity index (χ2v) is 8.52. The minimum atomic E-state index is -0.269. The van der Waals surface area contributed by atoms with Gasteiger partial charge in [-0.15, -0.1) is 0 Å². The number of aromatic nitrogens is 3. The first-order valence-corrected chi connectivity index (χ1v) is 11.1. The largest absolute Gasteiger partial charge is 0.369 e. The molecule has 1 aromatic carbocycles. The van der Waals surface area contributed by atoms with E-state index >= 15 is 0 Å². The van der Waals surface area contributed by atoms with Crippen LogP contribution in [0.2, 0.25) is 0 Å². The third-order valence-corrected chi connectivity index (χ3v) is 6.18. The van der Waals surface area contributed by atoms with Crippen molar-refractivity contribution in [1.82, 2.24) is 19.2 Å². The summed E-state index contributed by atoms with van der Waals surface area (Å²) < 4.78 is 2.96. The third-order valence-electron chi connectivity index (χ3n) is 6.18. The number of aryl methyl sites for hydroxylation is 1. The fourth-order valence-corrected chi connectivity index (χ4v) is 4.45. The first kappa shape index (κ1) is 21.3. The van der Waals surface area contributed by atoms with Gasteiger partial charge >= 0.3 is 5.69 Å². The summed E-state index contributed by atoms with van der Waals surface area (Å²) in [5.74, 6) is 0.271. The van der Waals surface area contributed by atoms with E-state index in [9.17, 15) is 14.4 Å². The van der Waals surface area contributed by atoms with Crippen LogP contribution in [0.4, 0.5) is 5.69 Å². The van der Waals surface area contributed by atoms with Crippen molar-refractivity contribution < 1.29 is 9.59 Å². The van der Waals surface area contributed by atoms with E-state index in [2.05, 4.69) is 15.3 Å². The summed E-state index contributed by atoms with van der Waals surface area (Å²) in [4.78, 5) is 38.7. The van der Waals surface area contributed by atoms with Gasteiger partial charge in [0.25, 0.3) is 0 Å². The number of nitrogens with one attached hydrogen (secondary N) is 1. The fraction of sp³-hybridized carbons (Fsp3) is 0.545. The van der Waals surface area contributed by atoms with Crippen LogP contribution in [0.25, 0.3) is 0 Å². The van der Waals surface area contributed by atoms with Gasteiger partial charge in [0.1, 0.15) is 12.4 Å². The van der Waals surface area contributed by atoms with E-state index in [4.69, 9.17) is 5.73 Å². The van der Waals surface area contributed by atoms with Crippen LogP contribution in [-0.2, 0) is 35.6 Å². The molecule has 0 bridgehead atoms. The molecule has 3 N–H and O–H groups in total. The summed E-state index contributed by atoms with van der Waals surface area (Å²) in [5, 5.41) is 7.25. The molecular weight excluding hydrogens is 396 g/mol. The molecule has 3 heterocycles. The average molecular weight is 427 g/mol. The van der Waals surface area contributed by atoms with E-state index in [0.29, 0.717) is 12.2 Å². The molecule has 2 aliphatic rings. The molecule has 4 rings (SSSR count). The van der Waals surface area contributed by atoms with Gasteiger partial charge in [-0.3, -0.25) is 19.1 Å². The predicted molar refractivity (Wildman–Crippen MR) is 116 cm³/mol. The molecule has 9 nitrogen and oxygen atoms in total.